The highest BCUT2D eigenvalue weighted by atomic mass is 32.2. The molecule has 0 aromatic heterocycles. The Labute approximate surface area is 124 Å². The Morgan fingerprint density at radius 3 is 2.86 bits per heavy atom. The number of hydrogen-bond donors (Lipinski definition) is 2. The van der Waals surface area contributed by atoms with Crippen LogP contribution < -0.4 is 10.5 Å². The van der Waals surface area contributed by atoms with Gasteiger partial charge in [0.15, 0.2) is 0 Å². The van der Waals surface area contributed by atoms with Gasteiger partial charge >= 0.3 is 0 Å². The van der Waals surface area contributed by atoms with Gasteiger partial charge in [-0.25, -0.2) is 8.42 Å². The first-order valence-electron chi connectivity index (χ1n) is 6.58. The zero-order valence-electron chi connectivity index (χ0n) is 12.0. The maximum absolute atomic E-state index is 12.7. The molecule has 1 aromatic rings. The van der Waals surface area contributed by atoms with Crippen molar-refractivity contribution < 1.29 is 23.0 Å². The van der Waals surface area contributed by atoms with Crippen LogP contribution >= 0.6 is 0 Å². The molecule has 7 nitrogen and oxygen atoms in total. The van der Waals surface area contributed by atoms with Gasteiger partial charge in [0.1, 0.15) is 5.75 Å². The van der Waals surface area contributed by atoms with Crippen molar-refractivity contribution in [3.05, 3.63) is 18.2 Å². The van der Waals surface area contributed by atoms with Crippen molar-refractivity contribution in [2.45, 2.75) is 24.0 Å². The average molecular weight is 316 g/mol. The molecule has 0 radical (unpaired) electrons. The third-order valence-corrected chi connectivity index (χ3v) is 5.44. The second kappa shape index (κ2) is 6.18. The molecule has 1 fully saturated rings. The Bertz CT molecular complexity index is 605. The molecule has 1 aromatic carbocycles. The highest BCUT2D eigenvalue weighted by molar-refractivity contribution is 7.89. The third-order valence-electron chi connectivity index (χ3n) is 3.46. The van der Waals surface area contributed by atoms with Crippen LogP contribution in [-0.2, 0) is 14.8 Å². The van der Waals surface area contributed by atoms with Crippen molar-refractivity contribution >= 4 is 15.7 Å². The van der Waals surface area contributed by atoms with E-state index in [0.29, 0.717) is 11.4 Å². The molecule has 0 amide bonds. The second-order valence-corrected chi connectivity index (χ2v) is 6.86. The van der Waals surface area contributed by atoms with Crippen LogP contribution in [0.5, 0.6) is 5.75 Å². The number of hydrogen-bond acceptors (Lipinski definition) is 6. The monoisotopic (exact) mass is 316 g/mol. The van der Waals surface area contributed by atoms with E-state index in [-0.39, 0.29) is 30.7 Å². The summed E-state index contributed by atoms with van der Waals surface area (Å²) >= 11 is 0. The SMILES string of the molecule is COc1cc(S(=O)(=O)N2CC(CO)OCC2C)ccc1N. The summed E-state index contributed by atoms with van der Waals surface area (Å²) in [5, 5.41) is 9.17. The van der Waals surface area contributed by atoms with Crippen molar-refractivity contribution in [2.75, 3.05) is 32.6 Å². The summed E-state index contributed by atoms with van der Waals surface area (Å²) in [4.78, 5) is 0.110. The van der Waals surface area contributed by atoms with Crippen LogP contribution in [0.25, 0.3) is 0 Å². The van der Waals surface area contributed by atoms with E-state index < -0.39 is 16.1 Å². The largest absolute Gasteiger partial charge is 0.495 e. The van der Waals surface area contributed by atoms with E-state index in [0.717, 1.165) is 0 Å². The summed E-state index contributed by atoms with van der Waals surface area (Å²) < 4.78 is 37.2. The lowest BCUT2D eigenvalue weighted by Crippen LogP contribution is -2.51. The van der Waals surface area contributed by atoms with Gasteiger partial charge in [-0.05, 0) is 19.1 Å². The number of methoxy groups -OCH3 is 1. The van der Waals surface area contributed by atoms with Crippen LogP contribution in [0.4, 0.5) is 5.69 Å². The molecule has 8 heteroatoms. The Kier molecular flexibility index (Phi) is 4.72. The fourth-order valence-corrected chi connectivity index (χ4v) is 3.89. The van der Waals surface area contributed by atoms with E-state index in [9.17, 15) is 8.42 Å². The summed E-state index contributed by atoms with van der Waals surface area (Å²) in [5.41, 5.74) is 6.08. The number of aliphatic hydroxyl groups is 1. The quantitative estimate of drug-likeness (QED) is 0.761. The summed E-state index contributed by atoms with van der Waals surface area (Å²) in [6.07, 6.45) is -0.508. The van der Waals surface area contributed by atoms with Crippen molar-refractivity contribution in [1.29, 1.82) is 0 Å². The lowest BCUT2D eigenvalue weighted by molar-refractivity contribution is -0.0516. The maximum atomic E-state index is 12.7. The number of nitrogen functional groups attached to an aromatic ring is 1. The molecule has 0 aliphatic carbocycles. The number of ether oxygens (including phenoxy) is 2. The van der Waals surface area contributed by atoms with Gasteiger partial charge in [0, 0.05) is 18.7 Å². The van der Waals surface area contributed by atoms with Gasteiger partial charge in [-0.3, -0.25) is 0 Å². The molecule has 3 N–H and O–H groups in total. The van der Waals surface area contributed by atoms with E-state index in [1.165, 1.54) is 29.6 Å². The molecule has 1 aliphatic heterocycles. The standard InChI is InChI=1S/C13H20N2O5S/c1-9-8-20-10(7-16)6-15(9)21(17,18)11-3-4-12(14)13(5-11)19-2/h3-5,9-10,16H,6-8,14H2,1-2H3. The van der Waals surface area contributed by atoms with E-state index in [1.807, 2.05) is 0 Å². The van der Waals surface area contributed by atoms with E-state index in [1.54, 1.807) is 6.92 Å². The molecule has 0 saturated carbocycles. The fraction of sp³-hybridized carbons (Fsp3) is 0.538. The highest BCUT2D eigenvalue weighted by Gasteiger charge is 2.35. The topological polar surface area (TPSA) is 102 Å². The second-order valence-electron chi connectivity index (χ2n) is 4.97. The highest BCUT2D eigenvalue weighted by Crippen LogP contribution is 2.28. The van der Waals surface area contributed by atoms with Crippen molar-refractivity contribution in [3.8, 4) is 5.75 Å². The minimum atomic E-state index is -3.70. The first-order valence-corrected chi connectivity index (χ1v) is 8.02. The summed E-state index contributed by atoms with van der Waals surface area (Å²) in [6.45, 7) is 1.91. The summed E-state index contributed by atoms with van der Waals surface area (Å²) in [6, 6.07) is 4.05. The minimum Gasteiger partial charge on any atom is -0.495 e. The van der Waals surface area contributed by atoms with Gasteiger partial charge in [0.05, 0.1) is 37.0 Å². The van der Waals surface area contributed by atoms with Crippen molar-refractivity contribution in [2.24, 2.45) is 0 Å². The normalized spacial score (nSPS) is 24.0. The Balaban J connectivity index is 2.36. The van der Waals surface area contributed by atoms with Crippen LogP contribution in [0, 0.1) is 0 Å². The number of morpholine rings is 1. The molecule has 0 spiro atoms. The van der Waals surface area contributed by atoms with Crippen molar-refractivity contribution in [3.63, 3.8) is 0 Å². The number of anilines is 1. The Morgan fingerprint density at radius 2 is 2.24 bits per heavy atom. The zero-order valence-corrected chi connectivity index (χ0v) is 12.8. The number of sulfonamides is 1. The first-order chi connectivity index (χ1) is 9.90. The predicted molar refractivity (Wildman–Crippen MR) is 77.6 cm³/mol. The van der Waals surface area contributed by atoms with E-state index in [2.05, 4.69) is 0 Å². The lowest BCUT2D eigenvalue weighted by Gasteiger charge is -2.36. The van der Waals surface area contributed by atoms with Gasteiger partial charge in [-0.2, -0.15) is 4.31 Å². The van der Waals surface area contributed by atoms with Gasteiger partial charge in [-0.1, -0.05) is 0 Å². The molecule has 118 valence electrons. The summed E-state index contributed by atoms with van der Waals surface area (Å²) in [5.74, 6) is 0.315. The number of rotatable bonds is 4. The fourth-order valence-electron chi connectivity index (χ4n) is 2.22. The first kappa shape index (κ1) is 16.0. The molecule has 1 saturated heterocycles. The molecule has 1 aliphatic rings. The Morgan fingerprint density at radius 1 is 1.52 bits per heavy atom. The van der Waals surface area contributed by atoms with E-state index >= 15 is 0 Å². The number of aliphatic hydroxyl groups excluding tert-OH is 1. The molecule has 21 heavy (non-hydrogen) atoms. The van der Waals surface area contributed by atoms with Crippen LogP contribution in [0.2, 0.25) is 0 Å². The third kappa shape index (κ3) is 3.13. The smallest absolute Gasteiger partial charge is 0.243 e. The number of benzene rings is 1. The van der Waals surface area contributed by atoms with Crippen LogP contribution in [-0.4, -0.2) is 56.8 Å². The van der Waals surface area contributed by atoms with Gasteiger partial charge in [0.25, 0.3) is 0 Å². The average Bonchev–Trinajstić information content (AvgIpc) is 2.47. The minimum absolute atomic E-state index is 0.110. The molecule has 2 unspecified atom stereocenters. The van der Waals surface area contributed by atoms with Gasteiger partial charge in [-0.15, -0.1) is 0 Å². The van der Waals surface area contributed by atoms with E-state index in [4.69, 9.17) is 20.3 Å². The summed E-state index contributed by atoms with van der Waals surface area (Å²) in [7, 11) is -2.27. The van der Waals surface area contributed by atoms with Crippen LogP contribution in [0.15, 0.2) is 23.1 Å². The van der Waals surface area contributed by atoms with Gasteiger partial charge < -0.3 is 20.3 Å². The number of nitrogens with zero attached hydrogens (tertiary/aromatic N) is 1. The predicted octanol–water partition coefficient (Wildman–Crippen LogP) is 0.0477. The van der Waals surface area contributed by atoms with Gasteiger partial charge in [0.2, 0.25) is 10.0 Å². The molecular weight excluding hydrogens is 296 g/mol. The maximum Gasteiger partial charge on any atom is 0.243 e. The molecule has 2 rings (SSSR count). The molecule has 2 atom stereocenters. The number of nitrogens with two attached hydrogens (primary N) is 1. The van der Waals surface area contributed by atoms with Crippen molar-refractivity contribution in [1.82, 2.24) is 4.31 Å². The lowest BCUT2D eigenvalue weighted by atomic mass is 10.2. The molecular formula is C13H20N2O5S. The molecule has 1 heterocycles. The van der Waals surface area contributed by atoms with Crippen LogP contribution in [0.3, 0.4) is 0 Å². The van der Waals surface area contributed by atoms with Crippen LogP contribution in [0.1, 0.15) is 6.92 Å². The molecule has 0 bridgehead atoms. The zero-order chi connectivity index (χ0) is 15.6. The Hall–Kier alpha value is -1.35.